The Kier molecular flexibility index (Phi) is 4.87. The maximum absolute atomic E-state index is 14.6. The molecule has 1 aromatic heterocycles. The Morgan fingerprint density at radius 3 is 2.75 bits per heavy atom. The van der Waals surface area contributed by atoms with Crippen molar-refractivity contribution in [3.8, 4) is 5.69 Å². The molecule has 4 rings (SSSR count). The first-order chi connectivity index (χ1) is 13.5. The zero-order chi connectivity index (χ0) is 19.8. The number of fused-ring (bicyclic) bond motifs is 3. The number of carbonyl (C=O) groups is 1. The van der Waals surface area contributed by atoms with Crippen LogP contribution in [0, 0.1) is 5.82 Å². The van der Waals surface area contributed by atoms with Gasteiger partial charge in [0.1, 0.15) is 23.8 Å². The summed E-state index contributed by atoms with van der Waals surface area (Å²) in [6.07, 6.45) is -1.49. The fraction of sp³-hybridized carbons (Fsp3) is 0.250. The molecule has 0 bridgehead atoms. The van der Waals surface area contributed by atoms with Crippen molar-refractivity contribution in [2.75, 3.05) is 0 Å². The van der Waals surface area contributed by atoms with Gasteiger partial charge in [0.25, 0.3) is 0 Å². The van der Waals surface area contributed by atoms with Crippen molar-refractivity contribution in [3.63, 3.8) is 0 Å². The smallest absolute Gasteiger partial charge is 0.306 e. The summed E-state index contributed by atoms with van der Waals surface area (Å²) in [5.74, 6) is -0.455. The van der Waals surface area contributed by atoms with E-state index in [1.165, 1.54) is 6.07 Å². The molecule has 28 heavy (non-hydrogen) atoms. The van der Waals surface area contributed by atoms with Gasteiger partial charge in [0.2, 0.25) is 0 Å². The number of aryl methyl sites for hydroxylation is 1. The highest BCUT2D eigenvalue weighted by molar-refractivity contribution is 6.30. The molecule has 6 nitrogen and oxygen atoms in total. The molecular weight excluding hydrogens is 385 g/mol. The van der Waals surface area contributed by atoms with Crippen LogP contribution in [0.1, 0.15) is 48.3 Å². The van der Waals surface area contributed by atoms with Gasteiger partial charge in [-0.2, -0.15) is 0 Å². The zero-order valence-electron chi connectivity index (χ0n) is 15.0. The summed E-state index contributed by atoms with van der Waals surface area (Å²) in [4.78, 5) is 11.5. The standard InChI is InChI=1S/C20H17ClFN3O3/c1-2-17-23-24-20-16(10-18(26)27)28-19(12-5-3-4-6-14(12)22)13-9-11(21)7-8-15(13)25(17)20/h3-9,16,19H,2,10H2,1H3,(H,26,27). The van der Waals surface area contributed by atoms with E-state index in [0.29, 0.717) is 39.9 Å². The van der Waals surface area contributed by atoms with Crippen LogP contribution in [-0.2, 0) is 16.0 Å². The summed E-state index contributed by atoms with van der Waals surface area (Å²) in [6, 6.07) is 11.5. The van der Waals surface area contributed by atoms with Crippen molar-refractivity contribution >= 4 is 17.6 Å². The molecule has 2 heterocycles. The number of benzene rings is 2. The maximum atomic E-state index is 14.6. The summed E-state index contributed by atoms with van der Waals surface area (Å²) in [7, 11) is 0. The lowest BCUT2D eigenvalue weighted by atomic mass is 9.99. The number of rotatable bonds is 4. The monoisotopic (exact) mass is 401 g/mol. The predicted molar refractivity (Wildman–Crippen MR) is 100 cm³/mol. The topological polar surface area (TPSA) is 77.2 Å². The highest BCUT2D eigenvalue weighted by Crippen LogP contribution is 2.42. The first kappa shape index (κ1) is 18.6. The number of halogens is 2. The number of carboxylic acid groups (broad SMARTS) is 1. The quantitative estimate of drug-likeness (QED) is 0.706. The van der Waals surface area contributed by atoms with Crippen molar-refractivity contribution in [2.24, 2.45) is 0 Å². The Bertz CT molecular complexity index is 1050. The molecule has 3 aromatic rings. The number of hydrogen-bond acceptors (Lipinski definition) is 4. The molecule has 144 valence electrons. The van der Waals surface area contributed by atoms with Crippen molar-refractivity contribution in [1.29, 1.82) is 0 Å². The lowest BCUT2D eigenvalue weighted by Crippen LogP contribution is -2.15. The average Bonchev–Trinajstić information content (AvgIpc) is 3.04. The first-order valence-electron chi connectivity index (χ1n) is 8.85. The number of aliphatic carboxylic acids is 1. The summed E-state index contributed by atoms with van der Waals surface area (Å²) in [6.45, 7) is 1.93. The van der Waals surface area contributed by atoms with E-state index in [4.69, 9.17) is 16.3 Å². The molecule has 0 radical (unpaired) electrons. The largest absolute Gasteiger partial charge is 0.481 e. The minimum atomic E-state index is -1.05. The predicted octanol–water partition coefficient (Wildman–Crippen LogP) is 4.26. The van der Waals surface area contributed by atoms with Crippen molar-refractivity contribution in [3.05, 3.63) is 76.1 Å². The Morgan fingerprint density at radius 2 is 2.04 bits per heavy atom. The van der Waals surface area contributed by atoms with E-state index in [-0.39, 0.29) is 6.42 Å². The Balaban J connectivity index is 1.99. The molecule has 0 saturated heterocycles. The molecular formula is C20H17ClFN3O3. The second-order valence-electron chi connectivity index (χ2n) is 6.49. The Hall–Kier alpha value is -2.77. The van der Waals surface area contributed by atoms with Gasteiger partial charge in [0.05, 0.1) is 12.1 Å². The average molecular weight is 402 g/mol. The molecule has 8 heteroatoms. The fourth-order valence-electron chi connectivity index (χ4n) is 3.49. The lowest BCUT2D eigenvalue weighted by molar-refractivity contribution is -0.141. The molecule has 2 atom stereocenters. The van der Waals surface area contributed by atoms with Crippen LogP contribution < -0.4 is 0 Å². The second-order valence-corrected chi connectivity index (χ2v) is 6.93. The van der Waals surface area contributed by atoms with Crippen LogP contribution in [0.5, 0.6) is 0 Å². The minimum absolute atomic E-state index is 0.304. The van der Waals surface area contributed by atoms with Crippen LogP contribution in [0.15, 0.2) is 42.5 Å². The number of hydrogen-bond donors (Lipinski definition) is 1. The van der Waals surface area contributed by atoms with E-state index in [1.54, 1.807) is 41.0 Å². The van der Waals surface area contributed by atoms with Crippen LogP contribution in [0.3, 0.4) is 0 Å². The molecule has 1 N–H and O–H groups in total. The second kappa shape index (κ2) is 7.33. The minimum Gasteiger partial charge on any atom is -0.481 e. The number of nitrogens with zero attached hydrogens (tertiary/aromatic N) is 3. The third-order valence-electron chi connectivity index (χ3n) is 4.72. The Labute approximate surface area is 165 Å². The molecule has 0 spiro atoms. The van der Waals surface area contributed by atoms with Crippen LogP contribution in [0.4, 0.5) is 4.39 Å². The van der Waals surface area contributed by atoms with Crippen molar-refractivity contribution in [2.45, 2.75) is 32.0 Å². The molecule has 0 amide bonds. The maximum Gasteiger partial charge on any atom is 0.306 e. The van der Waals surface area contributed by atoms with Gasteiger partial charge in [-0.15, -0.1) is 10.2 Å². The van der Waals surface area contributed by atoms with Crippen molar-refractivity contribution < 1.29 is 19.0 Å². The van der Waals surface area contributed by atoms with Gasteiger partial charge < -0.3 is 9.84 Å². The molecule has 0 aliphatic carbocycles. The fourth-order valence-corrected chi connectivity index (χ4v) is 3.67. The van der Waals surface area contributed by atoms with E-state index < -0.39 is 24.0 Å². The highest BCUT2D eigenvalue weighted by Gasteiger charge is 2.35. The van der Waals surface area contributed by atoms with Gasteiger partial charge in [0.15, 0.2) is 5.82 Å². The van der Waals surface area contributed by atoms with Gasteiger partial charge >= 0.3 is 5.97 Å². The summed E-state index contributed by atoms with van der Waals surface area (Å²) in [5.41, 5.74) is 1.63. The summed E-state index contributed by atoms with van der Waals surface area (Å²) in [5, 5.41) is 18.2. The SMILES string of the molecule is CCc1nnc2n1-c1ccc(Cl)cc1C(c1ccccc1F)OC2CC(=O)O. The van der Waals surface area contributed by atoms with Crippen LogP contribution >= 0.6 is 11.6 Å². The van der Waals surface area contributed by atoms with Gasteiger partial charge in [-0.05, 0) is 24.3 Å². The normalized spacial score (nSPS) is 18.2. The number of aromatic nitrogens is 3. The third-order valence-corrected chi connectivity index (χ3v) is 4.96. The van der Waals surface area contributed by atoms with Crippen LogP contribution in [0.25, 0.3) is 5.69 Å². The summed E-state index contributed by atoms with van der Waals surface area (Å²) >= 11 is 6.23. The molecule has 0 saturated carbocycles. The number of carboxylic acids is 1. The lowest BCUT2D eigenvalue weighted by Gasteiger charge is -2.22. The highest BCUT2D eigenvalue weighted by atomic mass is 35.5. The van der Waals surface area contributed by atoms with E-state index in [2.05, 4.69) is 10.2 Å². The van der Waals surface area contributed by atoms with E-state index in [9.17, 15) is 14.3 Å². The van der Waals surface area contributed by atoms with Gasteiger partial charge in [-0.1, -0.05) is 36.7 Å². The zero-order valence-corrected chi connectivity index (χ0v) is 15.7. The Morgan fingerprint density at radius 1 is 1.25 bits per heavy atom. The van der Waals surface area contributed by atoms with Crippen LogP contribution in [-0.4, -0.2) is 25.8 Å². The van der Waals surface area contributed by atoms with Crippen molar-refractivity contribution in [1.82, 2.24) is 14.8 Å². The molecule has 2 unspecified atom stereocenters. The summed E-state index contributed by atoms with van der Waals surface area (Å²) < 4.78 is 22.6. The molecule has 1 aliphatic rings. The van der Waals surface area contributed by atoms with E-state index in [1.807, 2.05) is 6.92 Å². The molecule has 1 aliphatic heterocycles. The molecule has 0 fully saturated rings. The number of ether oxygens (including phenoxy) is 1. The first-order valence-corrected chi connectivity index (χ1v) is 9.23. The van der Waals surface area contributed by atoms with E-state index >= 15 is 0 Å². The van der Waals surface area contributed by atoms with Gasteiger partial charge in [-0.25, -0.2) is 4.39 Å². The van der Waals surface area contributed by atoms with Crippen LogP contribution in [0.2, 0.25) is 5.02 Å². The van der Waals surface area contributed by atoms with E-state index in [0.717, 1.165) is 0 Å². The molecule has 2 aromatic carbocycles. The third kappa shape index (κ3) is 3.16. The van der Waals surface area contributed by atoms with Gasteiger partial charge in [0, 0.05) is 22.6 Å². The van der Waals surface area contributed by atoms with Gasteiger partial charge in [-0.3, -0.25) is 9.36 Å².